The lowest BCUT2D eigenvalue weighted by molar-refractivity contribution is -0.134. The van der Waals surface area contributed by atoms with Gasteiger partial charge in [-0.05, 0) is 12.1 Å². The number of H-pyrrole nitrogens is 1. The first-order valence-corrected chi connectivity index (χ1v) is 8.27. The Hall–Kier alpha value is -2.66. The van der Waals surface area contributed by atoms with Crippen molar-refractivity contribution >= 4 is 49.8 Å². The van der Waals surface area contributed by atoms with Crippen molar-refractivity contribution in [3.8, 4) is 0 Å². The molecule has 1 aliphatic rings. The van der Waals surface area contributed by atoms with Crippen LogP contribution in [0.3, 0.4) is 0 Å². The molecule has 0 unspecified atom stereocenters. The van der Waals surface area contributed by atoms with E-state index in [4.69, 9.17) is 0 Å². The van der Waals surface area contributed by atoms with Gasteiger partial charge in [0.05, 0.1) is 11.1 Å². The van der Waals surface area contributed by atoms with Gasteiger partial charge in [0.2, 0.25) is 0 Å². The Morgan fingerprint density at radius 2 is 1.50 bits per heavy atom. The van der Waals surface area contributed by atoms with Gasteiger partial charge >= 0.3 is 0 Å². The van der Waals surface area contributed by atoms with E-state index in [1.165, 1.54) is 11.9 Å². The van der Waals surface area contributed by atoms with Crippen molar-refractivity contribution in [2.75, 3.05) is 7.05 Å². The number of imide groups is 1. The largest absolute Gasteiger partial charge is 0.361 e. The van der Waals surface area contributed by atoms with Gasteiger partial charge in [-0.15, -0.1) is 0 Å². The molecular formula is C19H13BrN2O2. The monoisotopic (exact) mass is 380 g/mol. The van der Waals surface area contributed by atoms with Crippen LogP contribution in [0.1, 0.15) is 11.1 Å². The number of carbonyl (C=O) groups is 2. The number of hydrogen-bond acceptors (Lipinski definition) is 2. The predicted octanol–water partition coefficient (Wildman–Crippen LogP) is 3.84. The Morgan fingerprint density at radius 3 is 2.25 bits per heavy atom. The molecule has 0 atom stereocenters. The lowest BCUT2D eigenvalue weighted by Crippen LogP contribution is -2.26. The van der Waals surface area contributed by atoms with E-state index >= 15 is 0 Å². The van der Waals surface area contributed by atoms with Crippen molar-refractivity contribution < 1.29 is 9.59 Å². The second-order valence-corrected chi connectivity index (χ2v) is 6.50. The molecule has 3 aromatic rings. The van der Waals surface area contributed by atoms with Crippen LogP contribution in [-0.2, 0) is 9.59 Å². The highest BCUT2D eigenvalue weighted by atomic mass is 79.9. The number of nitrogens with zero attached hydrogens (tertiary/aromatic N) is 1. The third-order valence-electron chi connectivity index (χ3n) is 4.29. The number of benzene rings is 2. The third kappa shape index (κ3) is 2.05. The minimum atomic E-state index is -0.285. The molecule has 2 aromatic carbocycles. The molecule has 0 bridgehead atoms. The van der Waals surface area contributed by atoms with Gasteiger partial charge in [-0.3, -0.25) is 14.5 Å². The number of likely N-dealkylation sites (N-methyl/N-ethyl adjacent to an activating group) is 1. The molecule has 0 aliphatic carbocycles. The summed E-state index contributed by atoms with van der Waals surface area (Å²) in [7, 11) is 1.52. The molecule has 0 fully saturated rings. The van der Waals surface area contributed by atoms with Crippen LogP contribution in [0.5, 0.6) is 0 Å². The van der Waals surface area contributed by atoms with Crippen LogP contribution in [0.4, 0.5) is 0 Å². The average Bonchev–Trinajstić information content (AvgIpc) is 3.10. The maximum absolute atomic E-state index is 12.8. The van der Waals surface area contributed by atoms with Gasteiger partial charge < -0.3 is 4.98 Å². The normalized spacial score (nSPS) is 15.0. The first-order chi connectivity index (χ1) is 11.6. The summed E-state index contributed by atoms with van der Waals surface area (Å²) in [5, 5.41) is 0.925. The van der Waals surface area contributed by atoms with E-state index in [0.29, 0.717) is 11.1 Å². The van der Waals surface area contributed by atoms with E-state index < -0.39 is 0 Å². The maximum Gasteiger partial charge on any atom is 0.261 e. The van der Waals surface area contributed by atoms with Gasteiger partial charge in [0.25, 0.3) is 11.8 Å². The molecule has 24 heavy (non-hydrogen) atoms. The lowest BCUT2D eigenvalue weighted by atomic mass is 9.96. The molecule has 0 saturated heterocycles. The minimum Gasteiger partial charge on any atom is -0.361 e. The Labute approximate surface area is 146 Å². The number of rotatable bonds is 2. The van der Waals surface area contributed by atoms with Crippen molar-refractivity contribution in [3.05, 3.63) is 70.3 Å². The van der Waals surface area contributed by atoms with Crippen molar-refractivity contribution in [2.45, 2.75) is 0 Å². The molecule has 1 aliphatic heterocycles. The predicted molar refractivity (Wildman–Crippen MR) is 97.0 cm³/mol. The van der Waals surface area contributed by atoms with Crippen molar-refractivity contribution in [1.29, 1.82) is 0 Å². The first kappa shape index (κ1) is 14.9. The van der Waals surface area contributed by atoms with Gasteiger partial charge in [0, 0.05) is 39.7 Å². The van der Waals surface area contributed by atoms with Crippen LogP contribution in [-0.4, -0.2) is 28.7 Å². The molecular weight excluding hydrogens is 368 g/mol. The average molecular weight is 381 g/mol. The number of amides is 2. The summed E-state index contributed by atoms with van der Waals surface area (Å²) < 4.78 is 0.786. The highest BCUT2D eigenvalue weighted by Crippen LogP contribution is 2.39. The standard InChI is InChI=1S/C19H13BrN2O2/c1-22-18(23)16(12-7-2-4-8-14(12)20)17(19(22)24)13-10-21-15-9-5-3-6-11(13)15/h2-10,21H,1H3. The van der Waals surface area contributed by atoms with E-state index in [2.05, 4.69) is 20.9 Å². The molecule has 0 spiro atoms. The van der Waals surface area contributed by atoms with E-state index in [9.17, 15) is 9.59 Å². The number of aromatic nitrogens is 1. The van der Waals surface area contributed by atoms with E-state index in [1.807, 2.05) is 48.5 Å². The SMILES string of the molecule is CN1C(=O)C(c2ccccc2Br)=C(c2c[nH]c3ccccc23)C1=O. The van der Waals surface area contributed by atoms with E-state index in [1.54, 1.807) is 6.20 Å². The molecule has 0 radical (unpaired) electrons. The number of carbonyl (C=O) groups excluding carboxylic acids is 2. The summed E-state index contributed by atoms with van der Waals surface area (Å²) in [6.07, 6.45) is 1.79. The van der Waals surface area contributed by atoms with Crippen LogP contribution >= 0.6 is 15.9 Å². The van der Waals surface area contributed by atoms with Crippen molar-refractivity contribution in [1.82, 2.24) is 9.88 Å². The Balaban J connectivity index is 2.06. The number of fused-ring (bicyclic) bond motifs is 1. The Bertz CT molecular complexity index is 1030. The summed E-state index contributed by atoms with van der Waals surface area (Å²) in [5.41, 5.74) is 3.27. The Kier molecular flexibility index (Phi) is 3.39. The van der Waals surface area contributed by atoms with Gasteiger partial charge in [-0.2, -0.15) is 0 Å². The smallest absolute Gasteiger partial charge is 0.261 e. The molecule has 2 amide bonds. The fourth-order valence-corrected chi connectivity index (χ4v) is 3.57. The van der Waals surface area contributed by atoms with Crippen LogP contribution in [0, 0.1) is 0 Å². The quantitative estimate of drug-likeness (QED) is 0.686. The number of aromatic amines is 1. The summed E-state index contributed by atoms with van der Waals surface area (Å²) in [6.45, 7) is 0. The summed E-state index contributed by atoms with van der Waals surface area (Å²) in [5.74, 6) is -0.567. The topological polar surface area (TPSA) is 53.2 Å². The highest BCUT2D eigenvalue weighted by molar-refractivity contribution is 9.10. The molecule has 118 valence electrons. The zero-order chi connectivity index (χ0) is 16.8. The van der Waals surface area contributed by atoms with Crippen molar-refractivity contribution in [3.63, 3.8) is 0 Å². The zero-order valence-corrected chi connectivity index (χ0v) is 14.4. The second-order valence-electron chi connectivity index (χ2n) is 5.65. The fourth-order valence-electron chi connectivity index (χ4n) is 3.08. The number of nitrogens with one attached hydrogen (secondary N) is 1. The Morgan fingerprint density at radius 1 is 0.875 bits per heavy atom. The molecule has 0 saturated carbocycles. The van der Waals surface area contributed by atoms with Crippen LogP contribution in [0.25, 0.3) is 22.0 Å². The van der Waals surface area contributed by atoms with Crippen LogP contribution < -0.4 is 0 Å². The molecule has 4 nitrogen and oxygen atoms in total. The first-order valence-electron chi connectivity index (χ1n) is 7.47. The molecule has 2 heterocycles. The summed E-state index contributed by atoms with van der Waals surface area (Å²) in [6, 6.07) is 15.2. The van der Waals surface area contributed by atoms with Gasteiger partial charge in [-0.25, -0.2) is 0 Å². The summed E-state index contributed by atoms with van der Waals surface area (Å²) >= 11 is 3.49. The third-order valence-corrected chi connectivity index (χ3v) is 4.98. The molecule has 4 rings (SSSR count). The van der Waals surface area contributed by atoms with Crippen LogP contribution in [0.15, 0.2) is 59.2 Å². The number of halogens is 1. The van der Waals surface area contributed by atoms with E-state index in [0.717, 1.165) is 26.5 Å². The van der Waals surface area contributed by atoms with E-state index in [-0.39, 0.29) is 11.8 Å². The number of para-hydroxylation sites is 1. The molecule has 1 aromatic heterocycles. The van der Waals surface area contributed by atoms with Gasteiger partial charge in [0.15, 0.2) is 0 Å². The second kappa shape index (κ2) is 5.46. The fraction of sp³-hybridized carbons (Fsp3) is 0.0526. The molecule has 1 N–H and O–H groups in total. The maximum atomic E-state index is 12.8. The summed E-state index contributed by atoms with van der Waals surface area (Å²) in [4.78, 5) is 29.8. The van der Waals surface area contributed by atoms with Crippen LogP contribution in [0.2, 0.25) is 0 Å². The van der Waals surface area contributed by atoms with Gasteiger partial charge in [-0.1, -0.05) is 52.3 Å². The van der Waals surface area contributed by atoms with Crippen molar-refractivity contribution in [2.24, 2.45) is 0 Å². The highest BCUT2D eigenvalue weighted by Gasteiger charge is 2.38. The zero-order valence-electron chi connectivity index (χ0n) is 12.8. The lowest BCUT2D eigenvalue weighted by Gasteiger charge is -2.07. The molecule has 5 heteroatoms. The van der Waals surface area contributed by atoms with Gasteiger partial charge in [0.1, 0.15) is 0 Å². The minimum absolute atomic E-state index is 0.282. The number of hydrogen-bond donors (Lipinski definition) is 1.